The van der Waals surface area contributed by atoms with E-state index >= 15 is 0 Å². The molecule has 0 heterocycles. The molecule has 1 fully saturated rings. The van der Waals surface area contributed by atoms with Crippen molar-refractivity contribution in [3.8, 4) is 0 Å². The second-order valence-electron chi connectivity index (χ2n) is 6.47. The van der Waals surface area contributed by atoms with Crippen LogP contribution in [0.5, 0.6) is 0 Å². The molecule has 108 valence electrons. The van der Waals surface area contributed by atoms with E-state index in [0.717, 1.165) is 12.5 Å². The van der Waals surface area contributed by atoms with Crippen LogP contribution in [0.2, 0.25) is 0 Å². The first-order chi connectivity index (χ1) is 8.64. The average Bonchev–Trinajstić information content (AvgIpc) is 2.38. The van der Waals surface area contributed by atoms with Crippen LogP contribution in [-0.4, -0.2) is 30.6 Å². The second kappa shape index (κ2) is 8.16. The molecule has 1 aliphatic carbocycles. The lowest BCUT2D eigenvalue weighted by molar-refractivity contribution is 0.0602. The number of hydrogen-bond donors (Lipinski definition) is 1. The van der Waals surface area contributed by atoms with Crippen molar-refractivity contribution in [2.45, 2.75) is 77.2 Å². The molecule has 0 aromatic heterocycles. The highest BCUT2D eigenvalue weighted by molar-refractivity contribution is 4.94. The molecule has 2 heteroatoms. The SMILES string of the molecule is CCCCCCCN(C)C1(CN)CCCC(C)C1. The molecule has 1 saturated carbocycles. The number of rotatable bonds is 8. The quantitative estimate of drug-likeness (QED) is 0.668. The van der Waals surface area contributed by atoms with Gasteiger partial charge in [0.2, 0.25) is 0 Å². The van der Waals surface area contributed by atoms with Crippen LogP contribution in [0, 0.1) is 5.92 Å². The third kappa shape index (κ3) is 4.55. The molecule has 2 unspecified atom stereocenters. The minimum absolute atomic E-state index is 0.308. The lowest BCUT2D eigenvalue weighted by atomic mass is 9.75. The molecule has 18 heavy (non-hydrogen) atoms. The van der Waals surface area contributed by atoms with Gasteiger partial charge in [0.1, 0.15) is 0 Å². The first kappa shape index (κ1) is 16.0. The van der Waals surface area contributed by atoms with E-state index in [0.29, 0.717) is 5.54 Å². The maximum Gasteiger partial charge on any atom is 0.0331 e. The van der Waals surface area contributed by atoms with Gasteiger partial charge < -0.3 is 5.73 Å². The molecule has 1 aliphatic rings. The molecule has 0 amide bonds. The summed E-state index contributed by atoms with van der Waals surface area (Å²) in [6, 6.07) is 0. The molecule has 0 radical (unpaired) electrons. The van der Waals surface area contributed by atoms with Crippen LogP contribution in [-0.2, 0) is 0 Å². The Kier molecular flexibility index (Phi) is 7.25. The molecule has 2 N–H and O–H groups in total. The number of nitrogens with zero attached hydrogens (tertiary/aromatic N) is 1. The minimum Gasteiger partial charge on any atom is -0.329 e. The molecule has 0 saturated heterocycles. The Balaban J connectivity index is 2.34. The zero-order chi connectivity index (χ0) is 13.4. The van der Waals surface area contributed by atoms with E-state index in [9.17, 15) is 0 Å². The summed E-state index contributed by atoms with van der Waals surface area (Å²) in [4.78, 5) is 2.58. The van der Waals surface area contributed by atoms with E-state index in [-0.39, 0.29) is 0 Å². The lowest BCUT2D eigenvalue weighted by Crippen LogP contribution is -2.54. The predicted molar refractivity (Wildman–Crippen MR) is 80.8 cm³/mol. The first-order valence-electron chi connectivity index (χ1n) is 8.06. The van der Waals surface area contributed by atoms with Crippen LogP contribution in [0.25, 0.3) is 0 Å². The Morgan fingerprint density at radius 2 is 1.94 bits per heavy atom. The summed E-state index contributed by atoms with van der Waals surface area (Å²) in [5, 5.41) is 0. The smallest absolute Gasteiger partial charge is 0.0331 e. The van der Waals surface area contributed by atoms with Gasteiger partial charge in [-0.05, 0) is 38.8 Å². The van der Waals surface area contributed by atoms with Crippen molar-refractivity contribution in [2.75, 3.05) is 20.1 Å². The fourth-order valence-electron chi connectivity index (χ4n) is 3.51. The van der Waals surface area contributed by atoms with Gasteiger partial charge in [0.05, 0.1) is 0 Å². The van der Waals surface area contributed by atoms with Gasteiger partial charge in [-0.2, -0.15) is 0 Å². The number of unbranched alkanes of at least 4 members (excludes halogenated alkanes) is 4. The molecule has 0 bridgehead atoms. The lowest BCUT2D eigenvalue weighted by Gasteiger charge is -2.46. The predicted octanol–water partition coefficient (Wildman–Crippen LogP) is 3.80. The summed E-state index contributed by atoms with van der Waals surface area (Å²) in [6.07, 6.45) is 12.2. The van der Waals surface area contributed by atoms with E-state index in [2.05, 4.69) is 25.8 Å². The topological polar surface area (TPSA) is 29.3 Å². The first-order valence-corrected chi connectivity index (χ1v) is 8.06. The van der Waals surface area contributed by atoms with E-state index in [1.165, 1.54) is 64.3 Å². The standard InChI is InChI=1S/C16H34N2/c1-4-5-6-7-8-12-18(3)16(14-17)11-9-10-15(2)13-16/h15H,4-14,17H2,1-3H3. The Labute approximate surface area is 114 Å². The zero-order valence-corrected chi connectivity index (χ0v) is 12.9. The normalized spacial score (nSPS) is 28.8. The van der Waals surface area contributed by atoms with Crippen LogP contribution in [0.1, 0.15) is 71.6 Å². The number of nitrogens with two attached hydrogens (primary N) is 1. The Morgan fingerprint density at radius 1 is 1.22 bits per heavy atom. The minimum atomic E-state index is 0.308. The number of likely N-dealkylation sites (N-methyl/N-ethyl adjacent to an activating group) is 1. The van der Waals surface area contributed by atoms with E-state index in [1.807, 2.05) is 0 Å². The molecule has 2 nitrogen and oxygen atoms in total. The molecule has 0 aromatic rings. The third-order valence-corrected chi connectivity index (χ3v) is 4.85. The van der Waals surface area contributed by atoms with E-state index in [1.54, 1.807) is 0 Å². The summed E-state index contributed by atoms with van der Waals surface area (Å²) in [7, 11) is 2.30. The van der Waals surface area contributed by atoms with Gasteiger partial charge in [-0.15, -0.1) is 0 Å². The number of hydrogen-bond acceptors (Lipinski definition) is 2. The zero-order valence-electron chi connectivity index (χ0n) is 12.9. The molecule has 0 spiro atoms. The maximum atomic E-state index is 6.11. The highest BCUT2D eigenvalue weighted by Crippen LogP contribution is 2.35. The maximum absolute atomic E-state index is 6.11. The molecule has 0 aliphatic heterocycles. The van der Waals surface area contributed by atoms with Crippen molar-refractivity contribution in [3.05, 3.63) is 0 Å². The van der Waals surface area contributed by atoms with Crippen molar-refractivity contribution in [2.24, 2.45) is 11.7 Å². The fourth-order valence-corrected chi connectivity index (χ4v) is 3.51. The summed E-state index contributed by atoms with van der Waals surface area (Å²) in [6.45, 7) is 6.73. The summed E-state index contributed by atoms with van der Waals surface area (Å²) in [5.41, 5.74) is 6.42. The van der Waals surface area contributed by atoms with Gasteiger partial charge in [-0.3, -0.25) is 4.90 Å². The van der Waals surface area contributed by atoms with Crippen LogP contribution in [0.4, 0.5) is 0 Å². The van der Waals surface area contributed by atoms with Gasteiger partial charge >= 0.3 is 0 Å². The third-order valence-electron chi connectivity index (χ3n) is 4.85. The fraction of sp³-hybridized carbons (Fsp3) is 1.00. The van der Waals surface area contributed by atoms with Gasteiger partial charge in [0.15, 0.2) is 0 Å². The monoisotopic (exact) mass is 254 g/mol. The Hall–Kier alpha value is -0.0800. The molecule has 1 rings (SSSR count). The summed E-state index contributed by atoms with van der Waals surface area (Å²) in [5.74, 6) is 0.852. The highest BCUT2D eigenvalue weighted by atomic mass is 15.2. The molecule has 0 aromatic carbocycles. The highest BCUT2D eigenvalue weighted by Gasteiger charge is 2.36. The van der Waals surface area contributed by atoms with E-state index in [4.69, 9.17) is 5.73 Å². The van der Waals surface area contributed by atoms with Gasteiger partial charge in [0, 0.05) is 12.1 Å². The van der Waals surface area contributed by atoms with Gasteiger partial charge in [0.25, 0.3) is 0 Å². The van der Waals surface area contributed by atoms with Crippen molar-refractivity contribution < 1.29 is 0 Å². The van der Waals surface area contributed by atoms with Crippen LogP contribution in [0.3, 0.4) is 0 Å². The average molecular weight is 254 g/mol. The van der Waals surface area contributed by atoms with Crippen LogP contribution >= 0.6 is 0 Å². The summed E-state index contributed by atoms with van der Waals surface area (Å²) >= 11 is 0. The molecular formula is C16H34N2. The molecular weight excluding hydrogens is 220 g/mol. The van der Waals surface area contributed by atoms with E-state index < -0.39 is 0 Å². The van der Waals surface area contributed by atoms with Crippen molar-refractivity contribution >= 4 is 0 Å². The summed E-state index contributed by atoms with van der Waals surface area (Å²) < 4.78 is 0. The largest absolute Gasteiger partial charge is 0.329 e. The van der Waals surface area contributed by atoms with Gasteiger partial charge in [-0.25, -0.2) is 0 Å². The van der Waals surface area contributed by atoms with Crippen LogP contribution in [0.15, 0.2) is 0 Å². The second-order valence-corrected chi connectivity index (χ2v) is 6.47. The van der Waals surface area contributed by atoms with Crippen molar-refractivity contribution in [1.29, 1.82) is 0 Å². The van der Waals surface area contributed by atoms with Crippen molar-refractivity contribution in [3.63, 3.8) is 0 Å². The van der Waals surface area contributed by atoms with Crippen LogP contribution < -0.4 is 5.73 Å². The molecule has 2 atom stereocenters. The van der Waals surface area contributed by atoms with Gasteiger partial charge in [-0.1, -0.05) is 52.4 Å². The van der Waals surface area contributed by atoms with Crippen molar-refractivity contribution in [1.82, 2.24) is 4.90 Å². The Bertz CT molecular complexity index is 217. The Morgan fingerprint density at radius 3 is 2.56 bits per heavy atom.